The molecule has 1 saturated heterocycles. The Morgan fingerprint density at radius 2 is 1.67 bits per heavy atom. The van der Waals surface area contributed by atoms with Crippen molar-refractivity contribution in [2.24, 2.45) is 0 Å². The SMILES string of the molecule is Cc1ccc(C(Nc2c(Nc3cccc(C(=O)N(C)C)c3O)c(=O)c2=O)c2ccc(COC(=O)N3CCCCC3)cc2)o1. The number of hydrogen-bond acceptors (Lipinski definition) is 9. The number of nitrogens with one attached hydrogen (secondary N) is 2. The Morgan fingerprint density at radius 1 is 0.977 bits per heavy atom. The number of carbonyl (C=O) groups is 2. The van der Waals surface area contributed by atoms with E-state index in [0.29, 0.717) is 24.6 Å². The quantitative estimate of drug-likeness (QED) is 0.189. The van der Waals surface area contributed by atoms with E-state index in [0.717, 1.165) is 30.4 Å². The molecule has 1 aromatic heterocycles. The van der Waals surface area contributed by atoms with Crippen LogP contribution in [0.3, 0.4) is 0 Å². The van der Waals surface area contributed by atoms with Gasteiger partial charge in [-0.15, -0.1) is 0 Å². The lowest BCUT2D eigenvalue weighted by atomic mass is 10.0. The van der Waals surface area contributed by atoms with Gasteiger partial charge >= 0.3 is 6.09 Å². The number of para-hydroxylation sites is 1. The minimum Gasteiger partial charge on any atom is -0.505 e. The highest BCUT2D eigenvalue weighted by Gasteiger charge is 2.28. The molecule has 1 fully saturated rings. The van der Waals surface area contributed by atoms with Crippen LogP contribution in [0, 0.1) is 6.92 Å². The van der Waals surface area contributed by atoms with Crippen LogP contribution >= 0.6 is 0 Å². The monoisotopic (exact) mass is 586 g/mol. The number of amides is 2. The maximum atomic E-state index is 12.7. The van der Waals surface area contributed by atoms with Crippen LogP contribution in [0.15, 0.2) is 68.6 Å². The first-order valence-corrected chi connectivity index (χ1v) is 14.1. The van der Waals surface area contributed by atoms with Crippen molar-refractivity contribution in [3.63, 3.8) is 0 Å². The van der Waals surface area contributed by atoms with Crippen molar-refractivity contribution >= 4 is 29.1 Å². The fourth-order valence-corrected chi connectivity index (χ4v) is 5.03. The summed E-state index contributed by atoms with van der Waals surface area (Å²) in [6.45, 7) is 3.34. The predicted molar refractivity (Wildman–Crippen MR) is 162 cm³/mol. The molecule has 1 unspecified atom stereocenters. The number of piperidine rings is 1. The molecule has 1 aliphatic rings. The largest absolute Gasteiger partial charge is 0.505 e. The maximum absolute atomic E-state index is 12.7. The molecule has 1 atom stereocenters. The van der Waals surface area contributed by atoms with Gasteiger partial charge in [0.2, 0.25) is 0 Å². The lowest BCUT2D eigenvalue weighted by Gasteiger charge is -2.25. The maximum Gasteiger partial charge on any atom is 0.410 e. The Balaban J connectivity index is 1.36. The summed E-state index contributed by atoms with van der Waals surface area (Å²) in [5, 5.41) is 16.7. The number of aromatic hydroxyl groups is 1. The third kappa shape index (κ3) is 6.25. The zero-order valence-corrected chi connectivity index (χ0v) is 24.3. The van der Waals surface area contributed by atoms with Crippen LogP contribution in [0.25, 0.3) is 0 Å². The summed E-state index contributed by atoms with van der Waals surface area (Å²) in [4.78, 5) is 53.3. The van der Waals surface area contributed by atoms with Gasteiger partial charge in [0, 0.05) is 27.2 Å². The first-order valence-electron chi connectivity index (χ1n) is 14.1. The van der Waals surface area contributed by atoms with Crippen molar-refractivity contribution in [3.8, 4) is 5.75 Å². The van der Waals surface area contributed by atoms with Crippen molar-refractivity contribution in [1.82, 2.24) is 9.80 Å². The summed E-state index contributed by atoms with van der Waals surface area (Å²) in [5.41, 5.74) is 0.189. The number of likely N-dealkylation sites (tertiary alicyclic amines) is 1. The van der Waals surface area contributed by atoms with Crippen LogP contribution < -0.4 is 21.5 Å². The Bertz CT molecular complexity index is 1690. The number of benzene rings is 2. The van der Waals surface area contributed by atoms with E-state index in [2.05, 4.69) is 10.6 Å². The molecule has 11 heteroatoms. The highest BCUT2D eigenvalue weighted by atomic mass is 16.6. The number of aryl methyl sites for hydroxylation is 1. The molecular weight excluding hydrogens is 552 g/mol. The Hall–Kier alpha value is -5.06. The molecule has 0 spiro atoms. The third-order valence-corrected chi connectivity index (χ3v) is 7.47. The van der Waals surface area contributed by atoms with E-state index < -0.39 is 22.8 Å². The molecule has 4 aromatic rings. The van der Waals surface area contributed by atoms with Gasteiger partial charge in [0.05, 0.1) is 11.3 Å². The van der Waals surface area contributed by atoms with E-state index in [-0.39, 0.29) is 41.1 Å². The van der Waals surface area contributed by atoms with Gasteiger partial charge < -0.3 is 34.7 Å². The highest BCUT2D eigenvalue weighted by Crippen LogP contribution is 2.34. The molecule has 0 radical (unpaired) electrons. The highest BCUT2D eigenvalue weighted by molar-refractivity contribution is 5.99. The van der Waals surface area contributed by atoms with Crippen LogP contribution in [0.1, 0.15) is 58.3 Å². The standard InChI is InChI=1S/C32H34N4O7/c1-19-10-15-24(43-19)25(21-13-11-20(12-14-21)18-42-32(41)36-16-5-4-6-17-36)34-27-26(29(38)30(27)39)33-23-9-7-8-22(28(23)37)31(40)35(2)3/h7-15,25,33-34,37H,4-6,16-18H2,1-3H3. The first kappa shape index (κ1) is 29.4. The van der Waals surface area contributed by atoms with Gasteiger partial charge in [0.1, 0.15) is 35.5 Å². The average Bonchev–Trinajstić information content (AvgIpc) is 3.46. The Kier molecular flexibility index (Phi) is 8.51. The lowest BCUT2D eigenvalue weighted by molar-refractivity contribution is 0.0824. The fourth-order valence-electron chi connectivity index (χ4n) is 5.03. The van der Waals surface area contributed by atoms with Crippen molar-refractivity contribution < 1.29 is 23.8 Å². The number of phenols is 1. The smallest absolute Gasteiger partial charge is 0.410 e. The summed E-state index contributed by atoms with van der Waals surface area (Å²) in [5.74, 6) is 0.429. The molecule has 0 bridgehead atoms. The number of nitrogens with zero attached hydrogens (tertiary/aromatic N) is 2. The summed E-state index contributed by atoms with van der Waals surface area (Å²) in [6, 6.07) is 14.8. The molecule has 3 aromatic carbocycles. The Morgan fingerprint density at radius 3 is 2.33 bits per heavy atom. The van der Waals surface area contributed by atoms with E-state index in [1.54, 1.807) is 44.1 Å². The van der Waals surface area contributed by atoms with Gasteiger partial charge in [-0.05, 0) is 61.6 Å². The summed E-state index contributed by atoms with van der Waals surface area (Å²) < 4.78 is 11.4. The number of phenolic OH excluding ortho intramolecular Hbond substituents is 1. The molecule has 2 heterocycles. The molecule has 43 heavy (non-hydrogen) atoms. The van der Waals surface area contributed by atoms with Gasteiger partial charge in [-0.25, -0.2) is 4.79 Å². The van der Waals surface area contributed by atoms with Gasteiger partial charge in [-0.1, -0.05) is 30.3 Å². The fraction of sp³-hybridized carbons (Fsp3) is 0.312. The van der Waals surface area contributed by atoms with Crippen molar-refractivity contribution in [3.05, 3.63) is 103 Å². The second kappa shape index (κ2) is 12.4. The second-order valence-corrected chi connectivity index (χ2v) is 10.8. The second-order valence-electron chi connectivity index (χ2n) is 10.8. The lowest BCUT2D eigenvalue weighted by Crippen LogP contribution is -2.37. The van der Waals surface area contributed by atoms with Gasteiger partial charge in [0.15, 0.2) is 5.75 Å². The zero-order chi connectivity index (χ0) is 30.7. The molecule has 3 N–H and O–H groups in total. The van der Waals surface area contributed by atoms with Crippen LogP contribution in [0.4, 0.5) is 21.9 Å². The van der Waals surface area contributed by atoms with E-state index in [4.69, 9.17) is 9.15 Å². The van der Waals surface area contributed by atoms with Crippen LogP contribution in [-0.4, -0.2) is 54.1 Å². The molecule has 5 rings (SSSR count). The van der Waals surface area contributed by atoms with Crippen molar-refractivity contribution in [2.45, 2.75) is 38.8 Å². The first-order chi connectivity index (χ1) is 20.6. The minimum atomic E-state index is -0.758. The molecule has 0 saturated carbocycles. The molecule has 1 aliphatic heterocycles. The minimum absolute atomic E-state index is 0.0207. The van der Waals surface area contributed by atoms with E-state index in [9.17, 15) is 24.3 Å². The van der Waals surface area contributed by atoms with E-state index in [1.165, 1.54) is 17.0 Å². The molecular formula is C32H34N4O7. The summed E-state index contributed by atoms with van der Waals surface area (Å²) in [6.07, 6.45) is 2.76. The van der Waals surface area contributed by atoms with E-state index in [1.807, 2.05) is 24.3 Å². The predicted octanol–water partition coefficient (Wildman–Crippen LogP) is 4.66. The molecule has 11 nitrogen and oxygen atoms in total. The number of anilines is 3. The number of carbonyl (C=O) groups excluding carboxylic acids is 2. The molecule has 224 valence electrons. The topological polar surface area (TPSA) is 141 Å². The molecule has 0 aliphatic carbocycles. The van der Waals surface area contributed by atoms with Crippen molar-refractivity contribution in [1.29, 1.82) is 0 Å². The molecule has 2 amide bonds. The average molecular weight is 587 g/mol. The number of hydrogen-bond donors (Lipinski definition) is 3. The number of rotatable bonds is 9. The third-order valence-electron chi connectivity index (χ3n) is 7.47. The number of furan rings is 1. The van der Waals surface area contributed by atoms with Crippen LogP contribution in [0.2, 0.25) is 0 Å². The Labute approximate surface area is 248 Å². The van der Waals surface area contributed by atoms with Crippen molar-refractivity contribution in [2.75, 3.05) is 37.8 Å². The van der Waals surface area contributed by atoms with Crippen LogP contribution in [-0.2, 0) is 11.3 Å². The van der Waals surface area contributed by atoms with Gasteiger partial charge in [-0.3, -0.25) is 14.4 Å². The van der Waals surface area contributed by atoms with Gasteiger partial charge in [0.25, 0.3) is 16.8 Å². The van der Waals surface area contributed by atoms with Crippen LogP contribution in [0.5, 0.6) is 5.75 Å². The summed E-state index contributed by atoms with van der Waals surface area (Å²) in [7, 11) is 3.12. The number of ether oxygens (including phenoxy) is 1. The summed E-state index contributed by atoms with van der Waals surface area (Å²) >= 11 is 0. The zero-order valence-electron chi connectivity index (χ0n) is 24.3. The van der Waals surface area contributed by atoms with Gasteiger partial charge in [-0.2, -0.15) is 0 Å². The van der Waals surface area contributed by atoms with E-state index >= 15 is 0 Å². The normalized spacial score (nSPS) is 13.9.